The maximum Gasteiger partial charge on any atom is 0.276 e. The van der Waals surface area contributed by atoms with Crippen molar-refractivity contribution in [2.24, 2.45) is 0 Å². The van der Waals surface area contributed by atoms with Gasteiger partial charge in [0, 0.05) is 11.5 Å². The van der Waals surface area contributed by atoms with Crippen LogP contribution in [0, 0.1) is 5.82 Å². The van der Waals surface area contributed by atoms with Crippen LogP contribution in [0.25, 0.3) is 5.65 Å². The Balaban J connectivity index is 1.40. The Labute approximate surface area is 192 Å². The lowest BCUT2D eigenvalue weighted by Gasteiger charge is -2.12. The number of benzene rings is 1. The highest BCUT2D eigenvalue weighted by Crippen LogP contribution is 2.24. The molecule has 0 aliphatic carbocycles. The minimum absolute atomic E-state index is 0.0430. The van der Waals surface area contributed by atoms with E-state index in [2.05, 4.69) is 25.9 Å². The second kappa shape index (κ2) is 8.62. The Morgan fingerprint density at radius 1 is 1.15 bits per heavy atom. The number of hydrogen-bond donors (Lipinski definition) is 2. The molecule has 0 spiro atoms. The van der Waals surface area contributed by atoms with Crippen LogP contribution in [-0.4, -0.2) is 31.6 Å². The number of carbonyl (C=O) groups is 2. The number of nitrogens with one attached hydrogen (secondary N) is 2. The zero-order chi connectivity index (χ0) is 23.8. The van der Waals surface area contributed by atoms with Gasteiger partial charge in [0.1, 0.15) is 22.4 Å². The molecule has 3 aromatic heterocycles. The van der Waals surface area contributed by atoms with Gasteiger partial charge in [0.05, 0.1) is 18.3 Å². The van der Waals surface area contributed by atoms with Crippen molar-refractivity contribution in [3.8, 4) is 0 Å². The number of hydrogen-bond acceptors (Lipinski definition) is 6. The van der Waals surface area contributed by atoms with E-state index in [1.807, 2.05) is 20.8 Å². The molecule has 0 radical (unpaired) electrons. The van der Waals surface area contributed by atoms with Crippen molar-refractivity contribution in [1.29, 1.82) is 0 Å². The first-order valence-corrected chi connectivity index (χ1v) is 10.3. The molecule has 0 bridgehead atoms. The Morgan fingerprint density at radius 2 is 1.94 bits per heavy atom. The summed E-state index contributed by atoms with van der Waals surface area (Å²) >= 11 is 5.83. The first-order chi connectivity index (χ1) is 15.6. The van der Waals surface area contributed by atoms with Gasteiger partial charge in [-0.1, -0.05) is 43.6 Å². The van der Waals surface area contributed by atoms with Crippen molar-refractivity contribution in [2.45, 2.75) is 32.6 Å². The number of halogens is 2. The third-order valence-corrected chi connectivity index (χ3v) is 4.88. The van der Waals surface area contributed by atoms with Crippen LogP contribution in [0.5, 0.6) is 0 Å². The van der Waals surface area contributed by atoms with E-state index < -0.39 is 11.7 Å². The van der Waals surface area contributed by atoms with Crippen LogP contribution in [0.2, 0.25) is 5.15 Å². The van der Waals surface area contributed by atoms with Crippen LogP contribution in [0.1, 0.15) is 42.6 Å². The van der Waals surface area contributed by atoms with Gasteiger partial charge in [-0.25, -0.2) is 13.9 Å². The van der Waals surface area contributed by atoms with Gasteiger partial charge < -0.3 is 15.2 Å². The van der Waals surface area contributed by atoms with Gasteiger partial charge in [-0.15, -0.1) is 0 Å². The minimum atomic E-state index is -0.685. The second-order valence-corrected chi connectivity index (χ2v) is 8.79. The lowest BCUT2D eigenvalue weighted by molar-refractivity contribution is -0.115. The van der Waals surface area contributed by atoms with Gasteiger partial charge in [0.15, 0.2) is 11.5 Å². The zero-order valence-corrected chi connectivity index (χ0v) is 18.8. The van der Waals surface area contributed by atoms with Crippen molar-refractivity contribution >= 4 is 40.6 Å². The van der Waals surface area contributed by atoms with Crippen molar-refractivity contribution in [3.63, 3.8) is 0 Å². The van der Waals surface area contributed by atoms with E-state index in [1.165, 1.54) is 22.8 Å². The fourth-order valence-corrected chi connectivity index (χ4v) is 3.13. The molecule has 11 heteroatoms. The van der Waals surface area contributed by atoms with Crippen molar-refractivity contribution < 1.29 is 18.5 Å². The molecule has 0 aliphatic rings. The van der Waals surface area contributed by atoms with Crippen LogP contribution in [0.15, 0.2) is 47.1 Å². The van der Waals surface area contributed by atoms with Crippen molar-refractivity contribution in [1.82, 2.24) is 19.8 Å². The predicted octanol–water partition coefficient (Wildman–Crippen LogP) is 4.24. The first-order valence-electron chi connectivity index (χ1n) is 9.97. The van der Waals surface area contributed by atoms with Gasteiger partial charge in [-0.2, -0.15) is 5.10 Å². The van der Waals surface area contributed by atoms with E-state index in [9.17, 15) is 14.0 Å². The van der Waals surface area contributed by atoms with Crippen LogP contribution in [0.4, 0.5) is 15.9 Å². The molecule has 2 amide bonds. The molecule has 0 fully saturated rings. The first kappa shape index (κ1) is 22.4. The van der Waals surface area contributed by atoms with Crippen LogP contribution in [0.3, 0.4) is 0 Å². The largest absolute Gasteiger partial charge is 0.359 e. The lowest BCUT2D eigenvalue weighted by Crippen LogP contribution is -2.16. The number of anilines is 2. The number of aromatic nitrogens is 4. The fraction of sp³-hybridized carbons (Fsp3) is 0.227. The smallest absolute Gasteiger partial charge is 0.276 e. The molecular weight excluding hydrogens is 451 g/mol. The van der Waals surface area contributed by atoms with Gasteiger partial charge in [0.25, 0.3) is 5.91 Å². The number of carbonyl (C=O) groups excluding carboxylic acids is 2. The number of fused-ring (bicyclic) bond motifs is 1. The van der Waals surface area contributed by atoms with Gasteiger partial charge in [-0.3, -0.25) is 9.59 Å². The number of amides is 2. The monoisotopic (exact) mass is 470 g/mol. The van der Waals surface area contributed by atoms with E-state index in [0.717, 1.165) is 0 Å². The standard InChI is InChI=1S/C22H20ClFN6O3/c1-22(2,3)16-10-18(29-33-16)27-20(31)9-12-4-5-14(13(24)8-12)26-21(32)15-11-30-19(25-15)7-6-17(23)28-30/h4-8,10-11H,9H2,1-3H3,(H,26,32)(H,27,29,31). The Hall–Kier alpha value is -3.79. The quantitative estimate of drug-likeness (QED) is 0.451. The third-order valence-electron chi connectivity index (χ3n) is 4.68. The van der Waals surface area contributed by atoms with Gasteiger partial charge >= 0.3 is 0 Å². The summed E-state index contributed by atoms with van der Waals surface area (Å²) in [5.74, 6) is -0.751. The average Bonchev–Trinajstić information content (AvgIpc) is 3.36. The molecule has 0 saturated carbocycles. The molecule has 33 heavy (non-hydrogen) atoms. The molecule has 4 aromatic rings. The van der Waals surface area contributed by atoms with Gasteiger partial charge in [-0.05, 0) is 29.8 Å². The zero-order valence-electron chi connectivity index (χ0n) is 18.0. The van der Waals surface area contributed by atoms with E-state index in [-0.39, 0.29) is 40.1 Å². The van der Waals surface area contributed by atoms with Gasteiger partial charge in [0.2, 0.25) is 5.91 Å². The number of nitrogens with zero attached hydrogens (tertiary/aromatic N) is 4. The molecule has 1 aromatic carbocycles. The number of imidazole rings is 1. The maximum absolute atomic E-state index is 14.6. The molecule has 0 aliphatic heterocycles. The van der Waals surface area contributed by atoms with Crippen molar-refractivity contribution in [3.05, 3.63) is 70.6 Å². The normalized spacial score (nSPS) is 11.5. The lowest BCUT2D eigenvalue weighted by atomic mass is 9.93. The van der Waals surface area contributed by atoms with Crippen molar-refractivity contribution in [2.75, 3.05) is 10.6 Å². The summed E-state index contributed by atoms with van der Waals surface area (Å²) in [7, 11) is 0. The summed E-state index contributed by atoms with van der Waals surface area (Å²) in [5, 5.41) is 13.2. The van der Waals surface area contributed by atoms with E-state index in [4.69, 9.17) is 16.1 Å². The minimum Gasteiger partial charge on any atom is -0.359 e. The summed E-state index contributed by atoms with van der Waals surface area (Å²) in [6, 6.07) is 8.92. The highest BCUT2D eigenvalue weighted by atomic mass is 35.5. The molecule has 9 nitrogen and oxygen atoms in total. The molecule has 2 N–H and O–H groups in total. The molecular formula is C22H20ClFN6O3. The van der Waals surface area contributed by atoms with Crippen LogP contribution in [-0.2, 0) is 16.6 Å². The third kappa shape index (κ3) is 5.17. The van der Waals surface area contributed by atoms with E-state index >= 15 is 0 Å². The number of rotatable bonds is 5. The average molecular weight is 471 g/mol. The predicted molar refractivity (Wildman–Crippen MR) is 120 cm³/mol. The summed E-state index contributed by atoms with van der Waals surface area (Å²) < 4.78 is 21.2. The molecule has 0 atom stereocenters. The molecule has 170 valence electrons. The topological polar surface area (TPSA) is 114 Å². The van der Waals surface area contributed by atoms with E-state index in [1.54, 1.807) is 24.3 Å². The second-order valence-electron chi connectivity index (χ2n) is 8.40. The maximum atomic E-state index is 14.6. The molecule has 3 heterocycles. The summed E-state index contributed by atoms with van der Waals surface area (Å²) in [6.07, 6.45) is 1.31. The van der Waals surface area contributed by atoms with Crippen LogP contribution < -0.4 is 10.6 Å². The summed E-state index contributed by atoms with van der Waals surface area (Å²) in [4.78, 5) is 28.9. The highest BCUT2D eigenvalue weighted by Gasteiger charge is 2.20. The van der Waals surface area contributed by atoms with Crippen LogP contribution >= 0.6 is 11.6 Å². The Morgan fingerprint density at radius 3 is 2.64 bits per heavy atom. The summed E-state index contributed by atoms with van der Waals surface area (Å²) in [6.45, 7) is 5.89. The highest BCUT2D eigenvalue weighted by molar-refractivity contribution is 6.29. The SMILES string of the molecule is CC(C)(C)c1cc(NC(=O)Cc2ccc(NC(=O)c3cn4nc(Cl)ccc4n3)c(F)c2)no1. The molecule has 0 unspecified atom stereocenters. The fourth-order valence-electron chi connectivity index (χ4n) is 2.98. The Bertz CT molecular complexity index is 1360. The molecule has 4 rings (SSSR count). The molecule has 0 saturated heterocycles. The summed E-state index contributed by atoms with van der Waals surface area (Å²) in [5.41, 5.74) is 0.613. The van der Waals surface area contributed by atoms with E-state index in [0.29, 0.717) is 17.0 Å². The Kier molecular flexibility index (Phi) is 5.86.